The first kappa shape index (κ1) is 20.3. The van der Waals surface area contributed by atoms with Crippen molar-refractivity contribution in [1.29, 1.82) is 0 Å². The van der Waals surface area contributed by atoms with Crippen molar-refractivity contribution in [2.75, 3.05) is 18.4 Å². The van der Waals surface area contributed by atoms with Gasteiger partial charge in [-0.2, -0.15) is 0 Å². The van der Waals surface area contributed by atoms with E-state index >= 15 is 0 Å². The average molecular weight is 422 g/mol. The number of likely N-dealkylation sites (tertiary alicyclic amines) is 1. The molecule has 7 heteroatoms. The van der Waals surface area contributed by atoms with Gasteiger partial charge in [0.15, 0.2) is 0 Å². The van der Waals surface area contributed by atoms with Crippen LogP contribution in [-0.4, -0.2) is 38.8 Å². The largest absolute Gasteiger partial charge is 0.342 e. The molecule has 1 N–H and O–H groups in total. The Kier molecular flexibility index (Phi) is 6.23. The van der Waals surface area contributed by atoms with Crippen molar-refractivity contribution in [3.8, 4) is 0 Å². The summed E-state index contributed by atoms with van der Waals surface area (Å²) in [5.41, 5.74) is 2.96. The molecule has 1 aliphatic rings. The van der Waals surface area contributed by atoms with Crippen LogP contribution in [0.3, 0.4) is 0 Å². The Balaban J connectivity index is 1.43. The van der Waals surface area contributed by atoms with Gasteiger partial charge in [0, 0.05) is 36.4 Å². The Morgan fingerprint density at radius 1 is 1.17 bits per heavy atom. The molecular formula is C23H24ClN5O. The van der Waals surface area contributed by atoms with Gasteiger partial charge in [-0.3, -0.25) is 4.79 Å². The fourth-order valence-corrected chi connectivity index (χ4v) is 3.84. The number of piperidine rings is 1. The smallest absolute Gasteiger partial charge is 0.228 e. The molecule has 154 valence electrons. The zero-order chi connectivity index (χ0) is 20.9. The minimum absolute atomic E-state index is 0.138. The predicted molar refractivity (Wildman–Crippen MR) is 118 cm³/mol. The molecule has 3 aromatic rings. The zero-order valence-electron chi connectivity index (χ0n) is 16.9. The highest BCUT2D eigenvalue weighted by atomic mass is 35.5. The summed E-state index contributed by atoms with van der Waals surface area (Å²) in [6, 6.07) is 13.3. The second kappa shape index (κ2) is 9.22. The van der Waals surface area contributed by atoms with Crippen LogP contribution in [0.25, 0.3) is 0 Å². The van der Waals surface area contributed by atoms with Crippen molar-refractivity contribution in [2.45, 2.75) is 32.1 Å². The number of nitrogens with zero attached hydrogens (tertiary/aromatic N) is 4. The van der Waals surface area contributed by atoms with E-state index in [9.17, 15) is 4.79 Å². The lowest BCUT2D eigenvalue weighted by Crippen LogP contribution is -2.40. The molecule has 1 aromatic carbocycles. The number of aromatic nitrogens is 3. The number of pyridine rings is 1. The van der Waals surface area contributed by atoms with Crippen LogP contribution in [0.5, 0.6) is 0 Å². The quantitative estimate of drug-likeness (QED) is 0.655. The Bertz CT molecular complexity index is 1020. The summed E-state index contributed by atoms with van der Waals surface area (Å²) in [4.78, 5) is 28.1. The Morgan fingerprint density at radius 3 is 2.80 bits per heavy atom. The van der Waals surface area contributed by atoms with Crippen molar-refractivity contribution < 1.29 is 4.79 Å². The summed E-state index contributed by atoms with van der Waals surface area (Å²) in [6.07, 6.45) is 5.86. The van der Waals surface area contributed by atoms with Gasteiger partial charge >= 0.3 is 0 Å². The van der Waals surface area contributed by atoms with Crippen LogP contribution in [0, 0.1) is 6.92 Å². The van der Waals surface area contributed by atoms with Gasteiger partial charge in [-0.1, -0.05) is 29.8 Å². The van der Waals surface area contributed by atoms with Gasteiger partial charge in [-0.25, -0.2) is 15.0 Å². The Hall–Kier alpha value is -2.99. The number of hydrogen-bond acceptors (Lipinski definition) is 5. The lowest BCUT2D eigenvalue weighted by atomic mass is 9.94. The van der Waals surface area contributed by atoms with E-state index in [1.807, 2.05) is 54.3 Å². The highest BCUT2D eigenvalue weighted by Crippen LogP contribution is 2.27. The number of anilines is 2. The third kappa shape index (κ3) is 4.94. The Morgan fingerprint density at radius 2 is 2.00 bits per heavy atom. The average Bonchev–Trinajstić information content (AvgIpc) is 2.77. The predicted octanol–water partition coefficient (Wildman–Crippen LogP) is 4.53. The number of aryl methyl sites for hydroxylation is 1. The first-order valence-electron chi connectivity index (χ1n) is 10.1. The van der Waals surface area contributed by atoms with Crippen LogP contribution in [0.15, 0.2) is 54.9 Å². The van der Waals surface area contributed by atoms with Crippen LogP contribution in [0.2, 0.25) is 5.02 Å². The maximum absolute atomic E-state index is 12.8. The molecule has 1 amide bonds. The van der Waals surface area contributed by atoms with Gasteiger partial charge in [0.05, 0.1) is 12.1 Å². The van der Waals surface area contributed by atoms with E-state index < -0.39 is 0 Å². The minimum atomic E-state index is 0.138. The molecule has 0 radical (unpaired) electrons. The number of rotatable bonds is 5. The molecule has 0 bridgehead atoms. The van der Waals surface area contributed by atoms with Crippen LogP contribution >= 0.6 is 11.6 Å². The van der Waals surface area contributed by atoms with Crippen LogP contribution in [0.4, 0.5) is 11.8 Å². The van der Waals surface area contributed by atoms with Gasteiger partial charge in [0.1, 0.15) is 5.82 Å². The molecule has 0 unspecified atom stereocenters. The summed E-state index contributed by atoms with van der Waals surface area (Å²) in [5, 5.41) is 3.88. The van der Waals surface area contributed by atoms with Gasteiger partial charge < -0.3 is 10.2 Å². The second-order valence-corrected chi connectivity index (χ2v) is 8.02. The summed E-state index contributed by atoms with van der Waals surface area (Å²) in [5.74, 6) is 1.61. The van der Waals surface area contributed by atoms with E-state index in [2.05, 4.69) is 15.3 Å². The van der Waals surface area contributed by atoms with Gasteiger partial charge in [0.2, 0.25) is 11.9 Å². The van der Waals surface area contributed by atoms with E-state index in [-0.39, 0.29) is 11.8 Å². The Labute approximate surface area is 181 Å². The third-order valence-corrected chi connectivity index (χ3v) is 5.63. The lowest BCUT2D eigenvalue weighted by Gasteiger charge is -2.32. The minimum Gasteiger partial charge on any atom is -0.342 e. The maximum atomic E-state index is 12.8. The van der Waals surface area contributed by atoms with E-state index in [0.717, 1.165) is 42.0 Å². The molecule has 4 rings (SSSR count). The number of benzene rings is 1. The van der Waals surface area contributed by atoms with Crippen LogP contribution < -0.4 is 5.32 Å². The zero-order valence-corrected chi connectivity index (χ0v) is 17.6. The number of halogens is 1. The monoisotopic (exact) mass is 421 g/mol. The van der Waals surface area contributed by atoms with E-state index in [1.165, 1.54) is 0 Å². The number of amides is 1. The highest BCUT2D eigenvalue weighted by Gasteiger charge is 2.26. The van der Waals surface area contributed by atoms with Crippen molar-refractivity contribution in [2.24, 2.45) is 0 Å². The highest BCUT2D eigenvalue weighted by molar-refractivity contribution is 6.30. The van der Waals surface area contributed by atoms with Crippen molar-refractivity contribution in [1.82, 2.24) is 19.9 Å². The standard InChI is InChI=1S/C23H24ClN5O/c1-16-4-2-11-25-22(16)28-23-26-12-10-20(27-23)18-5-3-13-29(15-18)21(30)14-17-6-8-19(24)9-7-17/h2,4,6-12,18H,3,5,13-15H2,1H3,(H,25,26,27,28)/t18-/m0/s1. The number of carbonyl (C=O) groups is 1. The second-order valence-electron chi connectivity index (χ2n) is 7.58. The molecule has 0 spiro atoms. The van der Waals surface area contributed by atoms with Crippen molar-refractivity contribution in [3.05, 3.63) is 76.7 Å². The summed E-state index contributed by atoms with van der Waals surface area (Å²) >= 11 is 5.94. The SMILES string of the molecule is Cc1cccnc1Nc1nccc([C@H]2CCCN(C(=O)Cc3ccc(Cl)cc3)C2)n1. The van der Waals surface area contributed by atoms with E-state index in [0.29, 0.717) is 23.9 Å². The molecule has 2 aromatic heterocycles. The van der Waals surface area contributed by atoms with Gasteiger partial charge in [-0.15, -0.1) is 0 Å². The summed E-state index contributed by atoms with van der Waals surface area (Å²) in [6.45, 7) is 3.45. The van der Waals surface area contributed by atoms with Crippen LogP contribution in [-0.2, 0) is 11.2 Å². The number of nitrogens with one attached hydrogen (secondary N) is 1. The molecule has 0 saturated carbocycles. The molecule has 0 aliphatic carbocycles. The van der Waals surface area contributed by atoms with Gasteiger partial charge in [-0.05, 0) is 55.2 Å². The summed E-state index contributed by atoms with van der Waals surface area (Å²) in [7, 11) is 0. The molecule has 30 heavy (non-hydrogen) atoms. The first-order chi connectivity index (χ1) is 14.6. The molecular weight excluding hydrogens is 398 g/mol. The molecule has 3 heterocycles. The topological polar surface area (TPSA) is 71.0 Å². The van der Waals surface area contributed by atoms with E-state index in [1.54, 1.807) is 12.4 Å². The van der Waals surface area contributed by atoms with Gasteiger partial charge in [0.25, 0.3) is 0 Å². The molecule has 1 aliphatic heterocycles. The maximum Gasteiger partial charge on any atom is 0.228 e. The fraction of sp³-hybridized carbons (Fsp3) is 0.304. The van der Waals surface area contributed by atoms with Crippen molar-refractivity contribution >= 4 is 29.3 Å². The number of carbonyl (C=O) groups excluding carboxylic acids is 1. The molecule has 6 nitrogen and oxygen atoms in total. The number of hydrogen-bond donors (Lipinski definition) is 1. The molecule has 1 atom stereocenters. The lowest BCUT2D eigenvalue weighted by molar-refractivity contribution is -0.131. The van der Waals surface area contributed by atoms with E-state index in [4.69, 9.17) is 16.6 Å². The molecule has 1 saturated heterocycles. The third-order valence-electron chi connectivity index (χ3n) is 5.38. The first-order valence-corrected chi connectivity index (χ1v) is 10.5. The van der Waals surface area contributed by atoms with Crippen molar-refractivity contribution in [3.63, 3.8) is 0 Å². The normalized spacial score (nSPS) is 16.3. The molecule has 1 fully saturated rings. The fourth-order valence-electron chi connectivity index (χ4n) is 3.72. The van der Waals surface area contributed by atoms with Crippen LogP contribution in [0.1, 0.15) is 35.6 Å². The summed E-state index contributed by atoms with van der Waals surface area (Å²) < 4.78 is 0.